The van der Waals surface area contributed by atoms with Crippen molar-refractivity contribution >= 4 is 12.0 Å². The summed E-state index contributed by atoms with van der Waals surface area (Å²) in [6.45, 7) is 15.2. The second-order valence-corrected chi connectivity index (χ2v) is 11.8. The van der Waals surface area contributed by atoms with E-state index in [0.29, 0.717) is 29.8 Å². The first kappa shape index (κ1) is 27.9. The van der Waals surface area contributed by atoms with E-state index in [1.54, 1.807) is 12.0 Å². The molecule has 40 heavy (non-hydrogen) atoms. The molecule has 8 heteroatoms. The Hall–Kier alpha value is -3.68. The number of cyclic esters (lactones) is 1. The first-order chi connectivity index (χ1) is 19.1. The van der Waals surface area contributed by atoms with Crippen LogP contribution in [0, 0.1) is 13.8 Å². The second kappa shape index (κ2) is 11.1. The monoisotopic (exact) mass is 543 g/mol. The Balaban J connectivity index is 1.58. The molecule has 2 aromatic heterocycles. The zero-order chi connectivity index (χ0) is 28.7. The quantitative estimate of drug-likeness (QED) is 0.326. The van der Waals surface area contributed by atoms with Crippen LogP contribution in [-0.2, 0) is 11.3 Å². The van der Waals surface area contributed by atoms with Crippen molar-refractivity contribution < 1.29 is 14.3 Å². The molecule has 0 aliphatic carbocycles. The highest BCUT2D eigenvalue weighted by atomic mass is 16.6. The lowest BCUT2D eigenvalue weighted by Gasteiger charge is -2.28. The molecule has 2 fully saturated rings. The van der Waals surface area contributed by atoms with Crippen LogP contribution in [0.15, 0.2) is 36.7 Å². The summed E-state index contributed by atoms with van der Waals surface area (Å²) in [4.78, 5) is 31.9. The van der Waals surface area contributed by atoms with Crippen LogP contribution < -0.4 is 9.64 Å². The third-order valence-corrected chi connectivity index (χ3v) is 8.35. The van der Waals surface area contributed by atoms with Crippen molar-refractivity contribution in [2.24, 2.45) is 0 Å². The zero-order valence-corrected chi connectivity index (χ0v) is 24.9. The van der Waals surface area contributed by atoms with Crippen LogP contribution in [0.2, 0.25) is 0 Å². The lowest BCUT2D eigenvalue weighted by atomic mass is 9.98. The van der Waals surface area contributed by atoms with Gasteiger partial charge >= 0.3 is 6.09 Å². The summed E-state index contributed by atoms with van der Waals surface area (Å²) >= 11 is 0. The normalized spacial score (nSPS) is 22.8. The molecule has 0 spiro atoms. The molecule has 0 bridgehead atoms. The second-order valence-electron chi connectivity index (χ2n) is 11.8. The van der Waals surface area contributed by atoms with E-state index in [0.717, 1.165) is 51.9 Å². The lowest BCUT2D eigenvalue weighted by molar-refractivity contribution is 0.130. The maximum atomic E-state index is 13.3. The molecule has 3 aromatic rings. The summed E-state index contributed by atoms with van der Waals surface area (Å²) in [5, 5.41) is 0. The predicted molar refractivity (Wildman–Crippen MR) is 157 cm³/mol. The molecule has 8 nitrogen and oxygen atoms in total. The molecule has 212 valence electrons. The van der Waals surface area contributed by atoms with Crippen molar-refractivity contribution in [2.75, 3.05) is 12.0 Å². The number of ether oxygens (including phenoxy) is 2. The molecular weight excluding hydrogens is 502 g/mol. The summed E-state index contributed by atoms with van der Waals surface area (Å²) < 4.78 is 11.6. The Kier molecular flexibility index (Phi) is 7.71. The number of rotatable bonds is 7. The van der Waals surface area contributed by atoms with Crippen molar-refractivity contribution in [1.29, 1.82) is 0 Å². The maximum Gasteiger partial charge on any atom is 0.411 e. The van der Waals surface area contributed by atoms with E-state index in [1.807, 2.05) is 19.3 Å². The van der Waals surface area contributed by atoms with E-state index in [-0.39, 0.29) is 24.8 Å². The number of aryl methyl sites for hydroxylation is 2. The van der Waals surface area contributed by atoms with Gasteiger partial charge in [-0.25, -0.2) is 19.7 Å². The van der Waals surface area contributed by atoms with E-state index < -0.39 is 0 Å². The summed E-state index contributed by atoms with van der Waals surface area (Å²) in [7, 11) is 1.62. The van der Waals surface area contributed by atoms with Gasteiger partial charge in [0.2, 0.25) is 11.8 Å². The van der Waals surface area contributed by atoms with Gasteiger partial charge in [-0.05, 0) is 70.6 Å². The average Bonchev–Trinajstić information content (AvgIpc) is 3.40. The van der Waals surface area contributed by atoms with Gasteiger partial charge in [0.15, 0.2) is 0 Å². The largest absolute Gasteiger partial charge is 0.481 e. The highest BCUT2D eigenvalue weighted by molar-refractivity contribution is 5.74. The highest BCUT2D eigenvalue weighted by Gasteiger charge is 2.41. The zero-order valence-electron chi connectivity index (χ0n) is 24.9. The van der Waals surface area contributed by atoms with Gasteiger partial charge in [0.1, 0.15) is 6.10 Å². The minimum absolute atomic E-state index is 0.174. The fourth-order valence-electron chi connectivity index (χ4n) is 6.10. The molecule has 1 amide bonds. The summed E-state index contributed by atoms with van der Waals surface area (Å²) in [6, 6.07) is 8.95. The van der Waals surface area contributed by atoms with Crippen LogP contribution in [0.4, 0.5) is 10.7 Å². The van der Waals surface area contributed by atoms with Crippen LogP contribution in [0.3, 0.4) is 0 Å². The minimum Gasteiger partial charge on any atom is -0.481 e. The fraction of sp³-hybridized carbons (Fsp3) is 0.500. The number of carbonyl (C=O) groups is 1. The van der Waals surface area contributed by atoms with Gasteiger partial charge in [-0.2, -0.15) is 0 Å². The maximum absolute atomic E-state index is 13.3. The molecule has 4 heterocycles. The summed E-state index contributed by atoms with van der Waals surface area (Å²) in [5.41, 5.74) is 6.79. The third kappa shape index (κ3) is 5.23. The standard InChI is InChI=1S/C32H41N5O3/c1-18(2)25-14-26(30(39-8)33-15-25)27-16-34-31(37-21(5)9-10-22(37)6)35-28(27)17-36-23(7)29(40-32(36)38)24-12-19(3)11-20(4)13-24/h11-16,18,21-23,29H,9-10,17H2,1-8H3/t21-,22-,23+,29+/m1/s1. The van der Waals surface area contributed by atoms with Crippen molar-refractivity contribution in [2.45, 2.75) is 98.0 Å². The molecule has 2 aliphatic heterocycles. The molecule has 5 rings (SSSR count). The summed E-state index contributed by atoms with van der Waals surface area (Å²) in [5.74, 6) is 1.49. The molecular formula is C32H41N5O3. The smallest absolute Gasteiger partial charge is 0.411 e. The Morgan fingerprint density at radius 2 is 1.65 bits per heavy atom. The van der Waals surface area contributed by atoms with Crippen LogP contribution in [0.25, 0.3) is 11.1 Å². The van der Waals surface area contributed by atoms with Gasteiger partial charge in [-0.3, -0.25) is 4.90 Å². The molecule has 2 aliphatic rings. The Bertz CT molecular complexity index is 1380. The van der Waals surface area contributed by atoms with Crippen LogP contribution in [0.1, 0.15) is 87.4 Å². The van der Waals surface area contributed by atoms with Gasteiger partial charge in [0.05, 0.1) is 25.4 Å². The van der Waals surface area contributed by atoms with E-state index in [9.17, 15) is 4.79 Å². The first-order valence-electron chi connectivity index (χ1n) is 14.3. The SMILES string of the molecule is COc1ncc(C(C)C)cc1-c1cnc(N2[C@H](C)CC[C@H]2C)nc1CN1C(=O)O[C@H](c2cc(C)cc(C)c2)[C@@H]1C. The molecule has 2 saturated heterocycles. The van der Waals surface area contributed by atoms with Gasteiger partial charge in [-0.15, -0.1) is 0 Å². The van der Waals surface area contributed by atoms with E-state index in [4.69, 9.17) is 19.4 Å². The average molecular weight is 544 g/mol. The number of pyridine rings is 1. The van der Waals surface area contributed by atoms with Crippen LogP contribution >= 0.6 is 0 Å². The molecule has 0 N–H and O–H groups in total. The lowest BCUT2D eigenvalue weighted by Crippen LogP contribution is -2.35. The van der Waals surface area contributed by atoms with Gasteiger partial charge in [0.25, 0.3) is 0 Å². The predicted octanol–water partition coefficient (Wildman–Crippen LogP) is 6.75. The number of nitrogens with zero attached hydrogens (tertiary/aromatic N) is 5. The van der Waals surface area contributed by atoms with Crippen LogP contribution in [0.5, 0.6) is 5.88 Å². The topological polar surface area (TPSA) is 80.7 Å². The highest BCUT2D eigenvalue weighted by Crippen LogP contribution is 2.38. The number of hydrogen-bond acceptors (Lipinski definition) is 7. The number of carbonyl (C=O) groups excluding carboxylic acids is 1. The van der Waals surface area contributed by atoms with E-state index >= 15 is 0 Å². The number of amides is 1. The number of hydrogen-bond donors (Lipinski definition) is 0. The fourth-order valence-corrected chi connectivity index (χ4v) is 6.10. The van der Waals surface area contributed by atoms with Crippen molar-refractivity contribution in [1.82, 2.24) is 19.9 Å². The number of methoxy groups -OCH3 is 1. The van der Waals surface area contributed by atoms with Gasteiger partial charge in [-0.1, -0.05) is 43.2 Å². The molecule has 0 radical (unpaired) electrons. The van der Waals surface area contributed by atoms with Crippen LogP contribution in [-0.4, -0.2) is 51.2 Å². The Morgan fingerprint density at radius 3 is 2.27 bits per heavy atom. The molecule has 0 unspecified atom stereocenters. The van der Waals surface area contributed by atoms with Gasteiger partial charge in [0, 0.05) is 35.6 Å². The third-order valence-electron chi connectivity index (χ3n) is 8.35. The Labute approximate surface area is 237 Å². The summed E-state index contributed by atoms with van der Waals surface area (Å²) in [6.07, 6.45) is 5.23. The molecule has 4 atom stereocenters. The number of aromatic nitrogens is 3. The Morgan fingerprint density at radius 1 is 0.975 bits per heavy atom. The van der Waals surface area contributed by atoms with Gasteiger partial charge < -0.3 is 14.4 Å². The number of anilines is 1. The van der Waals surface area contributed by atoms with E-state index in [1.165, 1.54) is 0 Å². The van der Waals surface area contributed by atoms with Crippen molar-refractivity contribution in [3.05, 3.63) is 64.6 Å². The minimum atomic E-state index is -0.352. The first-order valence-corrected chi connectivity index (χ1v) is 14.3. The van der Waals surface area contributed by atoms with Crippen molar-refractivity contribution in [3.8, 4) is 17.0 Å². The number of benzene rings is 1. The van der Waals surface area contributed by atoms with E-state index in [2.05, 4.69) is 75.7 Å². The van der Waals surface area contributed by atoms with Crippen molar-refractivity contribution in [3.63, 3.8) is 0 Å². The molecule has 1 aromatic carbocycles. The molecule has 0 saturated carbocycles.